The number of benzene rings is 1. The molecule has 0 saturated heterocycles. The van der Waals surface area contributed by atoms with Crippen LogP contribution < -0.4 is 5.73 Å². The molecule has 9 heteroatoms. The molecule has 1 aliphatic carbocycles. The van der Waals surface area contributed by atoms with Gasteiger partial charge < -0.3 is 5.73 Å². The van der Waals surface area contributed by atoms with Crippen molar-refractivity contribution in [2.45, 2.75) is 43.9 Å². The summed E-state index contributed by atoms with van der Waals surface area (Å²) in [7, 11) is -3.67. The first-order valence-corrected chi connectivity index (χ1v) is 9.82. The summed E-state index contributed by atoms with van der Waals surface area (Å²) in [4.78, 5) is 10.4. The Kier molecular flexibility index (Phi) is 6.25. The lowest BCUT2D eigenvalue weighted by molar-refractivity contribution is -0.384. The van der Waals surface area contributed by atoms with Crippen molar-refractivity contribution in [1.82, 2.24) is 4.31 Å². The summed E-state index contributed by atoms with van der Waals surface area (Å²) in [5, 5.41) is 10.9. The number of hydrogen-bond donors (Lipinski definition) is 1. The maximum atomic E-state index is 12.9. The zero-order valence-corrected chi connectivity index (χ0v) is 14.9. The second-order valence-corrected chi connectivity index (χ2v) is 8.43. The van der Waals surface area contributed by atoms with Gasteiger partial charge in [0.05, 0.1) is 22.2 Å². The summed E-state index contributed by atoms with van der Waals surface area (Å²) in [5.41, 5.74) is 5.85. The number of thiocarbonyl (C=S) groups is 1. The summed E-state index contributed by atoms with van der Waals surface area (Å²) in [6.07, 6.45) is 4.63. The van der Waals surface area contributed by atoms with Crippen molar-refractivity contribution >= 4 is 32.9 Å². The van der Waals surface area contributed by atoms with Gasteiger partial charge in [0, 0.05) is 18.2 Å². The van der Waals surface area contributed by atoms with Crippen molar-refractivity contribution in [3.8, 4) is 0 Å². The van der Waals surface area contributed by atoms with Gasteiger partial charge in [-0.05, 0) is 18.4 Å². The quantitative estimate of drug-likeness (QED) is 0.448. The largest absolute Gasteiger partial charge is 0.392 e. The predicted octanol–water partition coefficient (Wildman–Crippen LogP) is 2.35. The van der Waals surface area contributed by atoms with Gasteiger partial charge in [-0.15, -0.1) is 0 Å². The third kappa shape index (κ3) is 4.96. The van der Waals surface area contributed by atoms with Crippen molar-refractivity contribution < 1.29 is 13.3 Å². The molecule has 0 spiro atoms. The predicted molar refractivity (Wildman–Crippen MR) is 96.1 cm³/mol. The molecule has 1 aromatic rings. The Morgan fingerprint density at radius 3 is 2.58 bits per heavy atom. The molecule has 2 N–H and O–H groups in total. The second kappa shape index (κ2) is 8.00. The Morgan fingerprint density at radius 1 is 1.33 bits per heavy atom. The molecule has 0 aromatic heterocycles. The molecule has 0 bridgehead atoms. The fraction of sp³-hybridized carbons (Fsp3) is 0.533. The Bertz CT molecular complexity index is 715. The van der Waals surface area contributed by atoms with Gasteiger partial charge in [-0.25, -0.2) is 8.42 Å². The van der Waals surface area contributed by atoms with Crippen molar-refractivity contribution in [1.29, 1.82) is 0 Å². The van der Waals surface area contributed by atoms with Crippen LogP contribution in [-0.4, -0.2) is 35.2 Å². The highest BCUT2D eigenvalue weighted by Gasteiger charge is 2.31. The van der Waals surface area contributed by atoms with Crippen LogP contribution >= 0.6 is 12.2 Å². The normalized spacial score (nSPS) is 16.2. The molecule has 1 saturated carbocycles. The molecule has 1 aromatic carbocycles. The first-order valence-electron chi connectivity index (χ1n) is 7.81. The summed E-state index contributed by atoms with van der Waals surface area (Å²) in [6.45, 7) is 0.0112. The summed E-state index contributed by atoms with van der Waals surface area (Å²) >= 11 is 4.91. The van der Waals surface area contributed by atoms with Gasteiger partial charge in [0.1, 0.15) is 0 Å². The molecule has 0 aliphatic heterocycles. The number of nitrogens with zero attached hydrogens (tertiary/aromatic N) is 2. The molecule has 24 heavy (non-hydrogen) atoms. The molecule has 7 nitrogen and oxygen atoms in total. The molecule has 0 radical (unpaired) electrons. The number of nitrogens with two attached hydrogens (primary N) is 1. The Morgan fingerprint density at radius 2 is 2.00 bits per heavy atom. The van der Waals surface area contributed by atoms with E-state index >= 15 is 0 Å². The minimum atomic E-state index is -3.67. The highest BCUT2D eigenvalue weighted by Crippen LogP contribution is 2.26. The van der Waals surface area contributed by atoms with Crippen molar-refractivity contribution in [2.24, 2.45) is 5.73 Å². The zero-order chi connectivity index (χ0) is 17.7. The molecule has 0 atom stereocenters. The van der Waals surface area contributed by atoms with E-state index in [0.29, 0.717) is 5.56 Å². The molecule has 1 aliphatic rings. The molecule has 0 unspecified atom stereocenters. The van der Waals surface area contributed by atoms with Crippen LogP contribution in [0.25, 0.3) is 0 Å². The van der Waals surface area contributed by atoms with Crippen LogP contribution in [0, 0.1) is 10.1 Å². The third-order valence-corrected chi connectivity index (χ3v) is 6.09. The zero-order valence-electron chi connectivity index (χ0n) is 13.3. The molecule has 1 fully saturated rings. The lowest BCUT2D eigenvalue weighted by Crippen LogP contribution is -2.45. The lowest BCUT2D eigenvalue weighted by atomic mass is 9.95. The molecular weight excluding hydrogens is 350 g/mol. The average Bonchev–Trinajstić information content (AvgIpc) is 2.53. The van der Waals surface area contributed by atoms with Gasteiger partial charge in [0.2, 0.25) is 10.0 Å². The van der Waals surface area contributed by atoms with E-state index in [9.17, 15) is 18.5 Å². The summed E-state index contributed by atoms with van der Waals surface area (Å²) in [5.74, 6) is -0.298. The van der Waals surface area contributed by atoms with Crippen LogP contribution in [0.5, 0.6) is 0 Å². The van der Waals surface area contributed by atoms with E-state index in [2.05, 4.69) is 0 Å². The lowest BCUT2D eigenvalue weighted by Gasteiger charge is -2.33. The smallest absolute Gasteiger partial charge is 0.269 e. The topological polar surface area (TPSA) is 107 Å². The van der Waals surface area contributed by atoms with E-state index in [-0.39, 0.29) is 29.0 Å². The van der Waals surface area contributed by atoms with Crippen LogP contribution in [-0.2, 0) is 15.8 Å². The first-order chi connectivity index (χ1) is 11.3. The Labute approximate surface area is 147 Å². The third-order valence-electron chi connectivity index (χ3n) is 4.12. The SMILES string of the molecule is NC(=S)CN(C1CCCCC1)S(=O)(=O)Cc1cccc([N+](=O)[O-])c1. The van der Waals surface area contributed by atoms with Gasteiger partial charge >= 0.3 is 0 Å². The number of nitro groups is 1. The number of sulfonamides is 1. The minimum Gasteiger partial charge on any atom is -0.392 e. The first kappa shape index (κ1) is 18.8. The van der Waals surface area contributed by atoms with Gasteiger partial charge in [-0.2, -0.15) is 4.31 Å². The van der Waals surface area contributed by atoms with E-state index in [1.165, 1.54) is 22.5 Å². The number of nitro benzene ring substituents is 1. The number of hydrogen-bond acceptors (Lipinski definition) is 5. The summed E-state index contributed by atoms with van der Waals surface area (Å²) in [6, 6.07) is 5.58. The van der Waals surface area contributed by atoms with Crippen LogP contribution in [0.4, 0.5) is 5.69 Å². The highest BCUT2D eigenvalue weighted by molar-refractivity contribution is 7.88. The second-order valence-electron chi connectivity index (χ2n) is 5.99. The number of non-ortho nitro benzene ring substituents is 1. The van der Waals surface area contributed by atoms with E-state index in [4.69, 9.17) is 18.0 Å². The fourth-order valence-electron chi connectivity index (χ4n) is 3.03. The number of rotatable bonds is 7. The van der Waals surface area contributed by atoms with Gasteiger partial charge in [0.25, 0.3) is 5.69 Å². The van der Waals surface area contributed by atoms with E-state index < -0.39 is 14.9 Å². The van der Waals surface area contributed by atoms with Crippen molar-refractivity contribution in [3.05, 3.63) is 39.9 Å². The van der Waals surface area contributed by atoms with E-state index in [1.54, 1.807) is 6.07 Å². The van der Waals surface area contributed by atoms with E-state index in [0.717, 1.165) is 32.1 Å². The van der Waals surface area contributed by atoms with Crippen LogP contribution in [0.15, 0.2) is 24.3 Å². The van der Waals surface area contributed by atoms with Gasteiger partial charge in [-0.3, -0.25) is 10.1 Å². The highest BCUT2D eigenvalue weighted by atomic mass is 32.2. The van der Waals surface area contributed by atoms with Crippen molar-refractivity contribution in [2.75, 3.05) is 6.54 Å². The molecule has 2 rings (SSSR count). The Hall–Kier alpha value is -1.58. The van der Waals surface area contributed by atoms with Crippen LogP contribution in [0.1, 0.15) is 37.7 Å². The monoisotopic (exact) mass is 371 g/mol. The average molecular weight is 371 g/mol. The maximum absolute atomic E-state index is 12.9. The van der Waals surface area contributed by atoms with Crippen LogP contribution in [0.2, 0.25) is 0 Å². The minimum absolute atomic E-state index is 0.0112. The van der Waals surface area contributed by atoms with Crippen molar-refractivity contribution in [3.63, 3.8) is 0 Å². The summed E-state index contributed by atoms with van der Waals surface area (Å²) < 4.78 is 27.1. The van der Waals surface area contributed by atoms with E-state index in [1.807, 2.05) is 0 Å². The van der Waals surface area contributed by atoms with Gasteiger partial charge in [0.15, 0.2) is 0 Å². The Balaban J connectivity index is 2.24. The standard InChI is InChI=1S/C15H21N3O4S2/c16-15(23)10-17(13-6-2-1-3-7-13)24(21,22)11-12-5-4-8-14(9-12)18(19)20/h4-5,8-9,13H,1-3,6-7,10-11H2,(H2,16,23). The molecule has 0 amide bonds. The molecular formula is C15H21N3O4S2. The molecule has 132 valence electrons. The van der Waals surface area contributed by atoms with Gasteiger partial charge in [-0.1, -0.05) is 43.6 Å². The fourth-order valence-corrected chi connectivity index (χ4v) is 5.02. The molecule has 0 heterocycles. The van der Waals surface area contributed by atoms with Crippen LogP contribution in [0.3, 0.4) is 0 Å². The maximum Gasteiger partial charge on any atom is 0.269 e.